The molecule has 0 aliphatic carbocycles. The summed E-state index contributed by atoms with van der Waals surface area (Å²) in [5.74, 6) is 0.0502. The van der Waals surface area contributed by atoms with Crippen molar-refractivity contribution >= 4 is 40.8 Å². The van der Waals surface area contributed by atoms with E-state index in [1.54, 1.807) is 0 Å². The summed E-state index contributed by atoms with van der Waals surface area (Å²) in [7, 11) is 0. The molecule has 0 aliphatic heterocycles. The molecule has 3 aromatic rings. The molecule has 0 saturated carbocycles. The summed E-state index contributed by atoms with van der Waals surface area (Å²) >= 11 is 13.4. The molecule has 0 spiro atoms. The van der Waals surface area contributed by atoms with Crippen molar-refractivity contribution < 1.29 is 13.2 Å². The van der Waals surface area contributed by atoms with Gasteiger partial charge in [-0.2, -0.15) is 23.5 Å². The minimum atomic E-state index is -4.61. The van der Waals surface area contributed by atoms with Gasteiger partial charge in [0.25, 0.3) is 0 Å². The van der Waals surface area contributed by atoms with Gasteiger partial charge >= 0.3 is 6.18 Å². The maximum Gasteiger partial charge on any atom is 0.416 e. The van der Waals surface area contributed by atoms with Gasteiger partial charge in [-0.05, 0) is 49.2 Å². The Labute approximate surface area is 179 Å². The fourth-order valence-electron chi connectivity index (χ4n) is 2.80. The quantitative estimate of drug-likeness (QED) is 0.493. The van der Waals surface area contributed by atoms with Crippen molar-refractivity contribution in [1.29, 1.82) is 5.26 Å². The maximum atomic E-state index is 13.0. The third kappa shape index (κ3) is 4.32. The fraction of sp³-hybridized carbons (Fsp3) is 0.158. The second-order valence-electron chi connectivity index (χ2n) is 6.30. The van der Waals surface area contributed by atoms with Gasteiger partial charge in [0.05, 0.1) is 20.5 Å². The molecule has 0 fully saturated rings. The van der Waals surface area contributed by atoms with Crippen LogP contribution >= 0.6 is 35.0 Å². The number of nitriles is 1. The summed E-state index contributed by atoms with van der Waals surface area (Å²) in [6.45, 7) is 3.88. The molecule has 10 heteroatoms. The first kappa shape index (κ1) is 21.4. The molecule has 4 nitrogen and oxygen atoms in total. The topological polar surface area (TPSA) is 67.6 Å². The summed E-state index contributed by atoms with van der Waals surface area (Å²) in [6.07, 6.45) is -4.61. The van der Waals surface area contributed by atoms with Crippen molar-refractivity contribution in [3.05, 3.63) is 62.8 Å². The van der Waals surface area contributed by atoms with E-state index in [1.807, 2.05) is 38.1 Å². The van der Waals surface area contributed by atoms with E-state index in [0.717, 1.165) is 32.8 Å². The fourth-order valence-corrected chi connectivity index (χ4v) is 4.55. The molecule has 0 bridgehead atoms. The highest BCUT2D eigenvalue weighted by atomic mass is 35.5. The summed E-state index contributed by atoms with van der Waals surface area (Å²) in [5.41, 5.74) is 7.25. The summed E-state index contributed by atoms with van der Waals surface area (Å²) in [6, 6.07) is 9.29. The van der Waals surface area contributed by atoms with Crippen molar-refractivity contribution in [3.8, 4) is 11.8 Å². The zero-order chi connectivity index (χ0) is 21.5. The van der Waals surface area contributed by atoms with E-state index in [-0.39, 0.29) is 27.2 Å². The monoisotopic (exact) mass is 456 g/mol. The number of nitrogen functional groups attached to an aromatic ring is 1. The van der Waals surface area contributed by atoms with E-state index in [0.29, 0.717) is 4.90 Å². The molecule has 3 rings (SSSR count). The lowest BCUT2D eigenvalue weighted by Crippen LogP contribution is -2.08. The highest BCUT2D eigenvalue weighted by molar-refractivity contribution is 7.99. The number of hydrogen-bond acceptors (Lipinski definition) is 4. The molecule has 1 aromatic heterocycles. The van der Waals surface area contributed by atoms with E-state index in [4.69, 9.17) is 28.9 Å². The van der Waals surface area contributed by atoms with Gasteiger partial charge in [0.1, 0.15) is 17.6 Å². The highest BCUT2D eigenvalue weighted by Crippen LogP contribution is 2.41. The molecular weight excluding hydrogens is 444 g/mol. The van der Waals surface area contributed by atoms with E-state index in [1.165, 1.54) is 11.8 Å². The number of hydrogen-bond donors (Lipinski definition) is 1. The maximum absolute atomic E-state index is 13.0. The average Bonchev–Trinajstić information content (AvgIpc) is 2.89. The Balaban J connectivity index is 2.13. The predicted octanol–water partition coefficient (Wildman–Crippen LogP) is 6.42. The first-order chi connectivity index (χ1) is 13.5. The molecule has 2 N–H and O–H groups in total. The molecule has 0 unspecified atom stereocenters. The van der Waals surface area contributed by atoms with Crippen LogP contribution in [0.2, 0.25) is 10.0 Å². The number of aryl methyl sites for hydroxylation is 2. The van der Waals surface area contributed by atoms with Gasteiger partial charge in [0, 0.05) is 4.90 Å². The van der Waals surface area contributed by atoms with Crippen molar-refractivity contribution in [2.75, 3.05) is 5.73 Å². The van der Waals surface area contributed by atoms with Crippen LogP contribution in [0.25, 0.3) is 5.69 Å². The lowest BCUT2D eigenvalue weighted by molar-refractivity contribution is -0.137. The lowest BCUT2D eigenvalue weighted by atomic mass is 10.2. The number of nitrogens with zero attached hydrogens (tertiary/aromatic N) is 3. The first-order valence-corrected chi connectivity index (χ1v) is 9.70. The van der Waals surface area contributed by atoms with Gasteiger partial charge in [-0.15, -0.1) is 0 Å². The Morgan fingerprint density at radius 3 is 2.10 bits per heavy atom. The first-order valence-electron chi connectivity index (χ1n) is 8.12. The molecule has 0 radical (unpaired) electrons. The zero-order valence-electron chi connectivity index (χ0n) is 15.1. The van der Waals surface area contributed by atoms with Crippen LogP contribution in [0.5, 0.6) is 0 Å². The number of aromatic nitrogens is 2. The Morgan fingerprint density at radius 1 is 1.07 bits per heavy atom. The van der Waals surface area contributed by atoms with E-state index in [2.05, 4.69) is 5.10 Å². The minimum absolute atomic E-state index is 0.0127. The molecule has 0 saturated heterocycles. The number of benzene rings is 2. The minimum Gasteiger partial charge on any atom is -0.383 e. The molecule has 0 amide bonds. The van der Waals surface area contributed by atoms with Crippen molar-refractivity contribution in [2.45, 2.75) is 29.8 Å². The molecular formula is C19H13Cl2F3N4S. The standard InChI is InChI=1S/C19H13Cl2F3N4S/c1-9-3-10(2)5-12(4-9)29-17-15(8-25)27-28(18(17)26)16-13(20)6-11(7-14(16)21)19(22,23)24/h3-7H,26H2,1-2H3. The van der Waals surface area contributed by atoms with Crippen LogP contribution in [-0.4, -0.2) is 9.78 Å². The van der Waals surface area contributed by atoms with Gasteiger partial charge in [0.15, 0.2) is 5.69 Å². The largest absolute Gasteiger partial charge is 0.416 e. The third-order valence-corrected chi connectivity index (χ3v) is 5.61. The molecule has 150 valence electrons. The van der Waals surface area contributed by atoms with Crippen LogP contribution in [0.3, 0.4) is 0 Å². The van der Waals surface area contributed by atoms with E-state index < -0.39 is 11.7 Å². The summed E-state index contributed by atoms with van der Waals surface area (Å²) < 4.78 is 40.0. The molecule has 0 atom stereocenters. The normalized spacial score (nSPS) is 11.5. The van der Waals surface area contributed by atoms with Crippen LogP contribution in [0.4, 0.5) is 19.0 Å². The molecule has 1 heterocycles. The second kappa shape index (κ2) is 7.82. The molecule has 0 aliphatic rings. The number of alkyl halides is 3. The van der Waals surface area contributed by atoms with Crippen molar-refractivity contribution in [1.82, 2.24) is 9.78 Å². The van der Waals surface area contributed by atoms with Crippen LogP contribution < -0.4 is 5.73 Å². The van der Waals surface area contributed by atoms with Gasteiger partial charge < -0.3 is 5.73 Å². The van der Waals surface area contributed by atoms with Crippen LogP contribution in [0, 0.1) is 25.2 Å². The highest BCUT2D eigenvalue weighted by Gasteiger charge is 2.33. The van der Waals surface area contributed by atoms with Crippen LogP contribution in [0.15, 0.2) is 40.1 Å². The number of rotatable bonds is 3. The average molecular weight is 457 g/mol. The van der Waals surface area contributed by atoms with Gasteiger partial charge in [-0.25, -0.2) is 4.68 Å². The van der Waals surface area contributed by atoms with Crippen molar-refractivity contribution in [2.24, 2.45) is 0 Å². The molecule has 2 aromatic carbocycles. The number of halogens is 5. The third-order valence-electron chi connectivity index (χ3n) is 3.95. The summed E-state index contributed by atoms with van der Waals surface area (Å²) in [4.78, 5) is 1.21. The summed E-state index contributed by atoms with van der Waals surface area (Å²) in [5, 5.41) is 13.0. The number of nitrogens with two attached hydrogens (primary N) is 1. The Hall–Kier alpha value is -2.34. The predicted molar refractivity (Wildman–Crippen MR) is 108 cm³/mol. The van der Waals surface area contributed by atoms with Gasteiger partial charge in [-0.1, -0.05) is 41.0 Å². The SMILES string of the molecule is Cc1cc(C)cc(Sc2c(C#N)nn(-c3c(Cl)cc(C(F)(F)F)cc3Cl)c2N)c1. The van der Waals surface area contributed by atoms with Crippen molar-refractivity contribution in [3.63, 3.8) is 0 Å². The smallest absolute Gasteiger partial charge is 0.383 e. The van der Waals surface area contributed by atoms with E-state index in [9.17, 15) is 18.4 Å². The van der Waals surface area contributed by atoms with E-state index >= 15 is 0 Å². The zero-order valence-corrected chi connectivity index (χ0v) is 17.4. The second-order valence-corrected chi connectivity index (χ2v) is 8.20. The Kier molecular flexibility index (Phi) is 5.77. The van der Waals surface area contributed by atoms with Crippen LogP contribution in [0.1, 0.15) is 22.4 Å². The van der Waals surface area contributed by atoms with Gasteiger partial charge in [0.2, 0.25) is 0 Å². The van der Waals surface area contributed by atoms with Gasteiger partial charge in [-0.3, -0.25) is 0 Å². The van der Waals surface area contributed by atoms with Crippen LogP contribution in [-0.2, 0) is 6.18 Å². The Morgan fingerprint density at radius 2 is 1.62 bits per heavy atom. The molecule has 29 heavy (non-hydrogen) atoms. The Bertz CT molecular complexity index is 1110. The number of anilines is 1. The lowest BCUT2D eigenvalue weighted by Gasteiger charge is -2.13.